The number of nitrogens with zero attached hydrogens (tertiary/aromatic N) is 1. The normalized spacial score (nSPS) is 11.6. The summed E-state index contributed by atoms with van der Waals surface area (Å²) in [4.78, 5) is 11.9. The van der Waals surface area contributed by atoms with E-state index in [1.54, 1.807) is 14.0 Å². The van der Waals surface area contributed by atoms with Crippen molar-refractivity contribution in [1.82, 2.24) is 9.88 Å². The van der Waals surface area contributed by atoms with Crippen molar-refractivity contribution in [3.05, 3.63) is 18.0 Å². The fraction of sp³-hybridized carbons (Fsp3) is 0.583. The Morgan fingerprint density at radius 3 is 2.67 bits per heavy atom. The van der Waals surface area contributed by atoms with Crippen LogP contribution in [0.1, 0.15) is 17.4 Å². The van der Waals surface area contributed by atoms with Crippen LogP contribution < -0.4 is 10.5 Å². The maximum Gasteiger partial charge on any atom is 0.268 e. The molecule has 21 heavy (non-hydrogen) atoms. The summed E-state index contributed by atoms with van der Waals surface area (Å²) in [7, 11) is -2.25. The summed E-state index contributed by atoms with van der Waals surface area (Å²) in [6.45, 7) is 3.88. The molecular weight excluding hydrogens is 298 g/mol. The summed E-state index contributed by atoms with van der Waals surface area (Å²) in [5.41, 5.74) is 0.249. The van der Waals surface area contributed by atoms with Crippen molar-refractivity contribution >= 4 is 15.9 Å². The topological polar surface area (TPSA) is 113 Å². The standard InChI is InChI=1S/C12H21N3O5S/c1-3-15-9-10(21(13,17)18)8-11(15)12(16)14-4-5-20-7-6-19-2/h8-9H,3-7H2,1-2H3,(H,14,16)(H2,13,17,18). The van der Waals surface area contributed by atoms with Gasteiger partial charge in [-0.3, -0.25) is 4.79 Å². The zero-order valence-corrected chi connectivity index (χ0v) is 13.0. The highest BCUT2D eigenvalue weighted by molar-refractivity contribution is 7.89. The molecule has 1 heterocycles. The number of amides is 1. The number of hydrogen-bond acceptors (Lipinski definition) is 5. The van der Waals surface area contributed by atoms with Crippen molar-refractivity contribution in [2.75, 3.05) is 33.5 Å². The van der Waals surface area contributed by atoms with Crippen molar-refractivity contribution in [3.63, 3.8) is 0 Å². The van der Waals surface area contributed by atoms with E-state index < -0.39 is 10.0 Å². The summed E-state index contributed by atoms with van der Waals surface area (Å²) < 4.78 is 34.2. The van der Waals surface area contributed by atoms with Gasteiger partial charge in [0.25, 0.3) is 5.91 Å². The zero-order valence-electron chi connectivity index (χ0n) is 12.2. The number of sulfonamides is 1. The first-order valence-electron chi connectivity index (χ1n) is 6.48. The molecular formula is C12H21N3O5S. The maximum atomic E-state index is 12.0. The van der Waals surface area contributed by atoms with E-state index in [1.165, 1.54) is 16.8 Å². The second-order valence-corrected chi connectivity index (χ2v) is 5.81. The van der Waals surface area contributed by atoms with E-state index >= 15 is 0 Å². The average Bonchev–Trinajstić information content (AvgIpc) is 2.86. The predicted octanol–water partition coefficient (Wildman–Crippen LogP) is -0.452. The van der Waals surface area contributed by atoms with Crippen LogP contribution in [0.5, 0.6) is 0 Å². The Bertz CT molecular complexity index is 567. The van der Waals surface area contributed by atoms with Crippen LogP contribution in [-0.2, 0) is 26.0 Å². The number of hydrogen-bond donors (Lipinski definition) is 2. The molecule has 120 valence electrons. The average molecular weight is 319 g/mol. The van der Waals surface area contributed by atoms with Gasteiger partial charge in [-0.05, 0) is 13.0 Å². The monoisotopic (exact) mass is 319 g/mol. The van der Waals surface area contributed by atoms with Gasteiger partial charge in [-0.2, -0.15) is 0 Å². The lowest BCUT2D eigenvalue weighted by molar-refractivity contribution is 0.0691. The van der Waals surface area contributed by atoms with Gasteiger partial charge in [0.05, 0.1) is 19.8 Å². The smallest absolute Gasteiger partial charge is 0.268 e. The number of carbonyl (C=O) groups excluding carboxylic acids is 1. The van der Waals surface area contributed by atoms with E-state index in [0.717, 1.165) is 0 Å². The highest BCUT2D eigenvalue weighted by Gasteiger charge is 2.17. The van der Waals surface area contributed by atoms with Gasteiger partial charge < -0.3 is 19.4 Å². The summed E-state index contributed by atoms with van der Waals surface area (Å²) >= 11 is 0. The summed E-state index contributed by atoms with van der Waals surface area (Å²) in [6.07, 6.45) is 1.35. The molecule has 8 nitrogen and oxygen atoms in total. The van der Waals surface area contributed by atoms with Gasteiger partial charge in [-0.25, -0.2) is 13.6 Å². The first-order chi connectivity index (χ1) is 9.90. The quantitative estimate of drug-likeness (QED) is 0.599. The van der Waals surface area contributed by atoms with E-state index in [4.69, 9.17) is 14.6 Å². The van der Waals surface area contributed by atoms with Gasteiger partial charge >= 0.3 is 0 Å². The number of primary sulfonamides is 1. The van der Waals surface area contributed by atoms with Crippen molar-refractivity contribution < 1.29 is 22.7 Å². The lowest BCUT2D eigenvalue weighted by Crippen LogP contribution is -2.29. The lowest BCUT2D eigenvalue weighted by Gasteiger charge is -2.08. The molecule has 0 aliphatic rings. The molecule has 1 aromatic rings. The second kappa shape index (κ2) is 8.13. The van der Waals surface area contributed by atoms with Gasteiger partial charge in [-0.15, -0.1) is 0 Å². The first kappa shape index (κ1) is 17.6. The minimum atomic E-state index is -3.82. The van der Waals surface area contributed by atoms with E-state index in [1.807, 2.05) is 0 Å². The summed E-state index contributed by atoms with van der Waals surface area (Å²) in [5.74, 6) is -0.373. The largest absolute Gasteiger partial charge is 0.382 e. The fourth-order valence-electron chi connectivity index (χ4n) is 1.66. The molecule has 0 bridgehead atoms. The van der Waals surface area contributed by atoms with Gasteiger partial charge in [0.1, 0.15) is 10.6 Å². The fourth-order valence-corrected chi connectivity index (χ4v) is 2.21. The number of nitrogens with two attached hydrogens (primary N) is 1. The first-order valence-corrected chi connectivity index (χ1v) is 8.02. The van der Waals surface area contributed by atoms with Crippen LogP contribution >= 0.6 is 0 Å². The van der Waals surface area contributed by atoms with Gasteiger partial charge in [0.2, 0.25) is 10.0 Å². The highest BCUT2D eigenvalue weighted by atomic mass is 32.2. The lowest BCUT2D eigenvalue weighted by atomic mass is 10.4. The van der Waals surface area contributed by atoms with Crippen LogP contribution in [0.15, 0.2) is 17.2 Å². The number of aryl methyl sites for hydroxylation is 1. The van der Waals surface area contributed by atoms with Crippen molar-refractivity contribution in [2.45, 2.75) is 18.4 Å². The van der Waals surface area contributed by atoms with E-state index in [-0.39, 0.29) is 16.5 Å². The molecule has 1 amide bonds. The van der Waals surface area contributed by atoms with Gasteiger partial charge in [-0.1, -0.05) is 0 Å². The minimum Gasteiger partial charge on any atom is -0.382 e. The minimum absolute atomic E-state index is 0.0779. The number of rotatable bonds is 9. The molecule has 0 unspecified atom stereocenters. The molecule has 1 aromatic heterocycles. The molecule has 0 fully saturated rings. The van der Waals surface area contributed by atoms with E-state index in [9.17, 15) is 13.2 Å². The number of aromatic nitrogens is 1. The molecule has 0 aliphatic heterocycles. The molecule has 9 heteroatoms. The Hall–Kier alpha value is -1.42. The molecule has 0 spiro atoms. The van der Waals surface area contributed by atoms with Gasteiger partial charge in [0, 0.05) is 26.4 Å². The van der Waals surface area contributed by atoms with Crippen molar-refractivity contribution in [2.24, 2.45) is 5.14 Å². The number of carbonyl (C=O) groups is 1. The Balaban J connectivity index is 2.59. The third kappa shape index (κ3) is 5.46. The number of methoxy groups -OCH3 is 1. The van der Waals surface area contributed by atoms with Crippen molar-refractivity contribution in [3.8, 4) is 0 Å². The Kier molecular flexibility index (Phi) is 6.82. The van der Waals surface area contributed by atoms with Crippen LogP contribution in [0.3, 0.4) is 0 Å². The molecule has 3 N–H and O–H groups in total. The van der Waals surface area contributed by atoms with E-state index in [0.29, 0.717) is 32.9 Å². The summed E-state index contributed by atoms with van der Waals surface area (Å²) in [5, 5.41) is 7.71. The van der Waals surface area contributed by atoms with Crippen LogP contribution in [0.2, 0.25) is 0 Å². The SMILES string of the molecule is CCn1cc(S(N)(=O)=O)cc1C(=O)NCCOCCOC. The van der Waals surface area contributed by atoms with Crippen molar-refractivity contribution in [1.29, 1.82) is 0 Å². The molecule has 0 radical (unpaired) electrons. The Morgan fingerprint density at radius 1 is 1.38 bits per heavy atom. The Morgan fingerprint density at radius 2 is 2.10 bits per heavy atom. The maximum absolute atomic E-state index is 12.0. The molecule has 1 rings (SSSR count). The third-order valence-electron chi connectivity index (χ3n) is 2.74. The number of nitrogens with one attached hydrogen (secondary N) is 1. The highest BCUT2D eigenvalue weighted by Crippen LogP contribution is 2.13. The predicted molar refractivity (Wildman–Crippen MR) is 76.5 cm³/mol. The van der Waals surface area contributed by atoms with Gasteiger partial charge in [0.15, 0.2) is 0 Å². The Labute approximate surface area is 124 Å². The molecule has 0 aliphatic carbocycles. The molecule has 0 atom stereocenters. The van der Waals surface area contributed by atoms with E-state index in [2.05, 4.69) is 5.32 Å². The third-order valence-corrected chi connectivity index (χ3v) is 3.62. The molecule has 0 saturated heterocycles. The van der Waals surface area contributed by atoms with Crippen LogP contribution in [0, 0.1) is 0 Å². The molecule has 0 saturated carbocycles. The van der Waals surface area contributed by atoms with Crippen LogP contribution in [-0.4, -0.2) is 52.4 Å². The number of ether oxygens (including phenoxy) is 2. The second-order valence-electron chi connectivity index (χ2n) is 4.25. The summed E-state index contributed by atoms with van der Waals surface area (Å²) in [6, 6.07) is 1.26. The molecule has 0 aromatic carbocycles. The zero-order chi connectivity index (χ0) is 15.9. The van der Waals surface area contributed by atoms with Crippen LogP contribution in [0.4, 0.5) is 0 Å². The van der Waals surface area contributed by atoms with Crippen LogP contribution in [0.25, 0.3) is 0 Å².